The Balaban J connectivity index is 1.57. The number of hydrogen-bond acceptors (Lipinski definition) is 6. The maximum Gasteiger partial charge on any atom is 0.135 e. The van der Waals surface area contributed by atoms with Crippen molar-refractivity contribution in [2.75, 3.05) is 0 Å². The lowest BCUT2D eigenvalue weighted by Crippen LogP contribution is -2.11. The number of hydrogen-bond donors (Lipinski definition) is 5. The van der Waals surface area contributed by atoms with Crippen LogP contribution in [-0.4, -0.2) is 25.5 Å². The van der Waals surface area contributed by atoms with Crippen LogP contribution in [0.5, 0.6) is 34.5 Å². The Morgan fingerprint density at radius 3 is 1.76 bits per heavy atom. The van der Waals surface area contributed by atoms with E-state index in [9.17, 15) is 25.5 Å². The summed E-state index contributed by atoms with van der Waals surface area (Å²) >= 11 is 0. The minimum Gasteiger partial charge on any atom is -0.508 e. The SMILES string of the molecule is Oc1ccc([C@@H]2Oc3ccc(/C=C\c4cc(O)cc(O)c4)cc3[C@@H]2c2cc(O)cc(O)c2)cc1. The van der Waals surface area contributed by atoms with Gasteiger partial charge in [-0.15, -0.1) is 0 Å². The van der Waals surface area contributed by atoms with Gasteiger partial charge in [0, 0.05) is 17.7 Å². The van der Waals surface area contributed by atoms with E-state index in [1.54, 1.807) is 54.6 Å². The molecule has 1 aliphatic rings. The van der Waals surface area contributed by atoms with Crippen molar-refractivity contribution in [3.05, 3.63) is 107 Å². The van der Waals surface area contributed by atoms with Gasteiger partial charge >= 0.3 is 0 Å². The lowest BCUT2D eigenvalue weighted by Gasteiger charge is -2.20. The minimum atomic E-state index is -0.431. The second kappa shape index (κ2) is 8.41. The molecule has 5 N–H and O–H groups in total. The molecule has 5 rings (SSSR count). The average molecular weight is 454 g/mol. The third-order valence-corrected chi connectivity index (χ3v) is 5.82. The Bertz CT molecular complexity index is 1350. The standard InChI is InChI=1S/C28H22O6/c29-20-6-4-18(5-7-20)28-27(19-12-23(32)15-24(33)13-19)25-11-16(3-8-26(25)34-28)1-2-17-9-21(30)14-22(31)10-17/h1-15,27-33H/b2-1-/t27-,28-/m0/s1. The van der Waals surface area contributed by atoms with Gasteiger partial charge in [-0.05, 0) is 70.8 Å². The van der Waals surface area contributed by atoms with Gasteiger partial charge in [-0.25, -0.2) is 0 Å². The minimum absolute atomic E-state index is 0.0255. The van der Waals surface area contributed by atoms with Crippen molar-refractivity contribution in [3.8, 4) is 34.5 Å². The van der Waals surface area contributed by atoms with Crippen LogP contribution in [0, 0.1) is 0 Å². The van der Waals surface area contributed by atoms with Crippen LogP contribution in [-0.2, 0) is 0 Å². The topological polar surface area (TPSA) is 110 Å². The van der Waals surface area contributed by atoms with Crippen molar-refractivity contribution in [2.24, 2.45) is 0 Å². The molecule has 0 aromatic heterocycles. The van der Waals surface area contributed by atoms with E-state index in [1.165, 1.54) is 12.1 Å². The molecule has 34 heavy (non-hydrogen) atoms. The third kappa shape index (κ3) is 4.21. The van der Waals surface area contributed by atoms with Gasteiger partial charge in [-0.3, -0.25) is 0 Å². The largest absolute Gasteiger partial charge is 0.508 e. The molecule has 0 bridgehead atoms. The highest BCUT2D eigenvalue weighted by atomic mass is 16.5. The molecule has 0 amide bonds. The van der Waals surface area contributed by atoms with Gasteiger partial charge < -0.3 is 30.3 Å². The van der Waals surface area contributed by atoms with E-state index < -0.39 is 6.10 Å². The van der Waals surface area contributed by atoms with Gasteiger partial charge in [-0.2, -0.15) is 0 Å². The van der Waals surface area contributed by atoms with Crippen molar-refractivity contribution in [3.63, 3.8) is 0 Å². The second-order valence-electron chi connectivity index (χ2n) is 8.30. The summed E-state index contributed by atoms with van der Waals surface area (Å²) < 4.78 is 6.29. The van der Waals surface area contributed by atoms with E-state index in [-0.39, 0.29) is 34.7 Å². The molecular weight excluding hydrogens is 432 g/mol. The predicted octanol–water partition coefficient (Wildman–Crippen LogP) is 5.65. The van der Waals surface area contributed by atoms with Gasteiger partial charge in [0.25, 0.3) is 0 Å². The number of fused-ring (bicyclic) bond motifs is 1. The zero-order valence-electron chi connectivity index (χ0n) is 18.0. The number of ether oxygens (including phenoxy) is 1. The normalized spacial score (nSPS) is 16.9. The molecular formula is C28H22O6. The number of aromatic hydroxyl groups is 5. The molecule has 0 spiro atoms. The van der Waals surface area contributed by atoms with Crippen molar-refractivity contribution in [2.45, 2.75) is 12.0 Å². The van der Waals surface area contributed by atoms with Gasteiger partial charge in [0.1, 0.15) is 40.6 Å². The summed E-state index contributed by atoms with van der Waals surface area (Å²) in [6.07, 6.45) is 3.21. The number of benzene rings is 4. The molecule has 1 aliphatic heterocycles. The van der Waals surface area contributed by atoms with Crippen LogP contribution in [0.2, 0.25) is 0 Å². The van der Waals surface area contributed by atoms with Gasteiger partial charge in [0.2, 0.25) is 0 Å². The second-order valence-corrected chi connectivity index (χ2v) is 8.30. The molecule has 0 saturated carbocycles. The third-order valence-electron chi connectivity index (χ3n) is 5.82. The summed E-state index contributed by atoms with van der Waals surface area (Å²) in [7, 11) is 0. The highest BCUT2D eigenvalue weighted by molar-refractivity contribution is 5.72. The maximum atomic E-state index is 10.1. The Morgan fingerprint density at radius 2 is 1.12 bits per heavy atom. The van der Waals surface area contributed by atoms with E-state index in [0.717, 1.165) is 16.7 Å². The van der Waals surface area contributed by atoms with Crippen molar-refractivity contribution in [1.82, 2.24) is 0 Å². The van der Waals surface area contributed by atoms with Gasteiger partial charge in [0.05, 0.1) is 5.92 Å². The zero-order chi connectivity index (χ0) is 23.8. The van der Waals surface area contributed by atoms with E-state index >= 15 is 0 Å². The summed E-state index contributed by atoms with van der Waals surface area (Å²) in [6.45, 7) is 0. The smallest absolute Gasteiger partial charge is 0.135 e. The van der Waals surface area contributed by atoms with Crippen LogP contribution in [0.4, 0.5) is 0 Å². The highest BCUT2D eigenvalue weighted by Gasteiger charge is 2.37. The summed E-state index contributed by atoms with van der Waals surface area (Å²) in [4.78, 5) is 0. The first kappa shape index (κ1) is 21.3. The first-order valence-electron chi connectivity index (χ1n) is 10.7. The van der Waals surface area contributed by atoms with Crippen molar-refractivity contribution < 1.29 is 30.3 Å². The lowest BCUT2D eigenvalue weighted by atomic mass is 9.84. The molecule has 4 aromatic carbocycles. The van der Waals surface area contributed by atoms with Gasteiger partial charge in [-0.1, -0.05) is 30.4 Å². The summed E-state index contributed by atoms with van der Waals surface area (Å²) in [6, 6.07) is 21.4. The van der Waals surface area contributed by atoms with Crippen molar-refractivity contribution in [1.29, 1.82) is 0 Å². The van der Waals surface area contributed by atoms with Crippen LogP contribution >= 0.6 is 0 Å². The Morgan fingerprint density at radius 1 is 0.529 bits per heavy atom. The quantitative estimate of drug-likeness (QED) is 0.255. The number of phenolic OH excluding ortho intramolecular Hbond substituents is 5. The fraction of sp³-hybridized carbons (Fsp3) is 0.0714. The molecule has 0 radical (unpaired) electrons. The Hall–Kier alpha value is -4.58. The molecule has 1 heterocycles. The van der Waals surface area contributed by atoms with E-state index in [4.69, 9.17) is 4.74 Å². The van der Waals surface area contributed by atoms with Crippen LogP contribution in [0.1, 0.15) is 39.8 Å². The fourth-order valence-electron chi connectivity index (χ4n) is 4.37. The summed E-state index contributed by atoms with van der Waals surface area (Å²) in [5.74, 6) is 0.357. The molecule has 6 heteroatoms. The van der Waals surface area contributed by atoms with Crippen molar-refractivity contribution >= 4 is 12.2 Å². The fourth-order valence-corrected chi connectivity index (χ4v) is 4.37. The molecule has 0 fully saturated rings. The first-order chi connectivity index (χ1) is 16.4. The molecule has 0 saturated heterocycles. The van der Waals surface area contributed by atoms with Crippen LogP contribution in [0.25, 0.3) is 12.2 Å². The summed E-state index contributed by atoms with van der Waals surface area (Å²) in [5, 5.41) is 49.4. The molecule has 2 atom stereocenters. The van der Waals surface area contributed by atoms with Gasteiger partial charge in [0.15, 0.2) is 0 Å². The predicted molar refractivity (Wildman–Crippen MR) is 128 cm³/mol. The van der Waals surface area contributed by atoms with Crippen LogP contribution < -0.4 is 4.74 Å². The molecule has 170 valence electrons. The summed E-state index contributed by atoms with van der Waals surface area (Å²) in [5.41, 5.74) is 3.92. The van der Waals surface area contributed by atoms with Crippen LogP contribution in [0.15, 0.2) is 78.9 Å². The molecule has 6 nitrogen and oxygen atoms in total. The maximum absolute atomic E-state index is 10.1. The van der Waals surface area contributed by atoms with Crippen LogP contribution in [0.3, 0.4) is 0 Å². The monoisotopic (exact) mass is 454 g/mol. The molecule has 0 aliphatic carbocycles. The molecule has 4 aromatic rings. The number of phenols is 5. The number of rotatable bonds is 4. The molecule has 0 unspecified atom stereocenters. The van der Waals surface area contributed by atoms with E-state index in [2.05, 4.69) is 0 Å². The Kier molecular flexibility index (Phi) is 5.26. The lowest BCUT2D eigenvalue weighted by molar-refractivity contribution is 0.222. The Labute approximate surface area is 195 Å². The first-order valence-corrected chi connectivity index (χ1v) is 10.7. The average Bonchev–Trinajstić information content (AvgIpc) is 3.15. The zero-order valence-corrected chi connectivity index (χ0v) is 18.0. The van der Waals surface area contributed by atoms with E-state index in [0.29, 0.717) is 16.9 Å². The highest BCUT2D eigenvalue weighted by Crippen LogP contribution is 2.51. The van der Waals surface area contributed by atoms with E-state index in [1.807, 2.05) is 24.3 Å².